The molecular weight excluding hydrogens is 458 g/mol. The zero-order valence-electron chi connectivity index (χ0n) is 23.2. The van der Waals surface area contributed by atoms with Gasteiger partial charge in [-0.25, -0.2) is 4.68 Å². The van der Waals surface area contributed by atoms with Gasteiger partial charge in [-0.05, 0) is 47.1 Å². The standard InChI is InChI=1S/C31H43N5O/c1-24(2)19-29-20-27(33-36(29)28-9-7-6-8-10-28)21-32-30(37)23-35-17-15-34(16-18-35)22-25-11-13-26(14-12-25)31(3,4)5/h6-14,20,24H,15-19,21-23H2,1-5H3,(H,32,37). The SMILES string of the molecule is CC(C)Cc1cc(CNC(=O)CN2CCN(Cc3ccc(C(C)(C)C)cc3)CC2)nn1-c1ccccc1. The van der Waals surface area contributed by atoms with E-state index >= 15 is 0 Å². The molecule has 0 radical (unpaired) electrons. The van der Waals surface area contributed by atoms with E-state index in [2.05, 4.69) is 92.2 Å². The number of aromatic nitrogens is 2. The molecule has 1 aliphatic rings. The van der Waals surface area contributed by atoms with Crippen LogP contribution in [0.25, 0.3) is 5.69 Å². The molecule has 2 aromatic carbocycles. The summed E-state index contributed by atoms with van der Waals surface area (Å²) in [7, 11) is 0. The molecule has 37 heavy (non-hydrogen) atoms. The van der Waals surface area contributed by atoms with Crippen molar-refractivity contribution < 1.29 is 4.79 Å². The third-order valence-corrected chi connectivity index (χ3v) is 6.98. The van der Waals surface area contributed by atoms with Crippen LogP contribution in [-0.4, -0.2) is 58.2 Å². The van der Waals surface area contributed by atoms with Gasteiger partial charge in [-0.2, -0.15) is 5.10 Å². The Bertz CT molecular complexity index is 1140. The quantitative estimate of drug-likeness (QED) is 0.458. The number of hydrogen-bond acceptors (Lipinski definition) is 4. The first kappa shape index (κ1) is 27.1. The Balaban J connectivity index is 1.24. The van der Waals surface area contributed by atoms with E-state index in [-0.39, 0.29) is 11.3 Å². The van der Waals surface area contributed by atoms with Crippen molar-refractivity contribution in [1.82, 2.24) is 24.9 Å². The molecule has 2 heterocycles. The van der Waals surface area contributed by atoms with Crippen molar-refractivity contribution in [2.45, 2.75) is 59.5 Å². The number of nitrogens with zero attached hydrogens (tertiary/aromatic N) is 4. The Morgan fingerprint density at radius 3 is 2.22 bits per heavy atom. The van der Waals surface area contributed by atoms with Gasteiger partial charge in [0.15, 0.2) is 0 Å². The minimum Gasteiger partial charge on any atom is -0.349 e. The molecule has 1 aliphatic heterocycles. The molecule has 0 atom stereocenters. The summed E-state index contributed by atoms with van der Waals surface area (Å²) in [5.74, 6) is 0.592. The van der Waals surface area contributed by atoms with Crippen molar-refractivity contribution in [1.29, 1.82) is 0 Å². The fourth-order valence-electron chi connectivity index (χ4n) is 4.84. The van der Waals surface area contributed by atoms with Crippen molar-refractivity contribution in [3.05, 3.63) is 83.2 Å². The lowest BCUT2D eigenvalue weighted by molar-refractivity contribution is -0.122. The van der Waals surface area contributed by atoms with Gasteiger partial charge in [0.05, 0.1) is 24.5 Å². The fraction of sp³-hybridized carbons (Fsp3) is 0.484. The third kappa shape index (κ3) is 7.76. The molecule has 198 valence electrons. The summed E-state index contributed by atoms with van der Waals surface area (Å²) in [5, 5.41) is 7.89. The summed E-state index contributed by atoms with van der Waals surface area (Å²) in [6.45, 7) is 16.8. The van der Waals surface area contributed by atoms with E-state index in [0.717, 1.165) is 50.5 Å². The maximum Gasteiger partial charge on any atom is 0.234 e. The van der Waals surface area contributed by atoms with E-state index in [1.54, 1.807) is 0 Å². The summed E-state index contributed by atoms with van der Waals surface area (Å²) >= 11 is 0. The van der Waals surface area contributed by atoms with Gasteiger partial charge in [0.2, 0.25) is 5.91 Å². The molecule has 1 saturated heterocycles. The zero-order chi connectivity index (χ0) is 26.4. The van der Waals surface area contributed by atoms with E-state index in [0.29, 0.717) is 19.0 Å². The van der Waals surface area contributed by atoms with Gasteiger partial charge in [-0.3, -0.25) is 14.6 Å². The van der Waals surface area contributed by atoms with Gasteiger partial charge in [-0.1, -0.05) is 77.1 Å². The highest BCUT2D eigenvalue weighted by Gasteiger charge is 2.20. The molecule has 1 fully saturated rings. The number of para-hydroxylation sites is 1. The van der Waals surface area contributed by atoms with Crippen LogP contribution in [0.5, 0.6) is 0 Å². The predicted octanol–water partition coefficient (Wildman–Crippen LogP) is 4.80. The molecule has 1 amide bonds. The number of carbonyl (C=O) groups excluding carboxylic acids is 1. The van der Waals surface area contributed by atoms with Crippen LogP contribution >= 0.6 is 0 Å². The Hall–Kier alpha value is -2.96. The number of nitrogens with one attached hydrogen (secondary N) is 1. The van der Waals surface area contributed by atoms with Gasteiger partial charge in [0, 0.05) is 38.4 Å². The summed E-state index contributed by atoms with van der Waals surface area (Å²) < 4.78 is 2.01. The average molecular weight is 502 g/mol. The second kappa shape index (κ2) is 12.1. The summed E-state index contributed by atoms with van der Waals surface area (Å²) in [4.78, 5) is 17.4. The van der Waals surface area contributed by atoms with Crippen LogP contribution in [-0.2, 0) is 29.7 Å². The minimum absolute atomic E-state index is 0.0610. The highest BCUT2D eigenvalue weighted by Crippen LogP contribution is 2.23. The highest BCUT2D eigenvalue weighted by atomic mass is 16.2. The van der Waals surface area contributed by atoms with Crippen molar-refractivity contribution in [3.63, 3.8) is 0 Å². The lowest BCUT2D eigenvalue weighted by Crippen LogP contribution is -2.49. The largest absolute Gasteiger partial charge is 0.349 e. The normalized spacial score (nSPS) is 15.3. The van der Waals surface area contributed by atoms with Gasteiger partial charge < -0.3 is 5.32 Å². The van der Waals surface area contributed by atoms with Gasteiger partial charge in [-0.15, -0.1) is 0 Å². The predicted molar refractivity (Wildman–Crippen MR) is 151 cm³/mol. The van der Waals surface area contributed by atoms with Crippen LogP contribution in [0.2, 0.25) is 0 Å². The smallest absolute Gasteiger partial charge is 0.234 e. The van der Waals surface area contributed by atoms with E-state index in [9.17, 15) is 4.79 Å². The van der Waals surface area contributed by atoms with Crippen LogP contribution in [0.15, 0.2) is 60.7 Å². The van der Waals surface area contributed by atoms with Crippen LogP contribution in [0.4, 0.5) is 0 Å². The minimum atomic E-state index is 0.0610. The molecule has 1 aromatic heterocycles. The first-order valence-electron chi connectivity index (χ1n) is 13.6. The molecule has 3 aromatic rings. The second-order valence-corrected chi connectivity index (χ2v) is 11.7. The summed E-state index contributed by atoms with van der Waals surface area (Å²) in [5.41, 5.74) is 6.03. The molecule has 0 spiro atoms. The maximum absolute atomic E-state index is 12.7. The lowest BCUT2D eigenvalue weighted by atomic mass is 9.87. The number of piperazine rings is 1. The number of hydrogen-bond donors (Lipinski definition) is 1. The highest BCUT2D eigenvalue weighted by molar-refractivity contribution is 5.78. The van der Waals surface area contributed by atoms with Crippen molar-refractivity contribution in [3.8, 4) is 5.69 Å². The first-order chi connectivity index (χ1) is 17.7. The van der Waals surface area contributed by atoms with E-state index in [1.807, 2.05) is 22.9 Å². The monoisotopic (exact) mass is 501 g/mol. The van der Waals surface area contributed by atoms with Crippen molar-refractivity contribution >= 4 is 5.91 Å². The van der Waals surface area contributed by atoms with E-state index in [1.165, 1.54) is 16.8 Å². The van der Waals surface area contributed by atoms with Crippen molar-refractivity contribution in [2.75, 3.05) is 32.7 Å². The van der Waals surface area contributed by atoms with Crippen molar-refractivity contribution in [2.24, 2.45) is 5.92 Å². The Labute approximate surface area is 222 Å². The molecular formula is C31H43N5O. The molecule has 0 aliphatic carbocycles. The molecule has 1 N–H and O–H groups in total. The number of benzene rings is 2. The molecule has 6 nitrogen and oxygen atoms in total. The molecule has 4 rings (SSSR count). The third-order valence-electron chi connectivity index (χ3n) is 6.98. The average Bonchev–Trinajstić information content (AvgIpc) is 3.26. The summed E-state index contributed by atoms with van der Waals surface area (Å²) in [6, 6.07) is 21.4. The van der Waals surface area contributed by atoms with E-state index < -0.39 is 0 Å². The number of amides is 1. The number of carbonyl (C=O) groups is 1. The molecule has 0 unspecified atom stereocenters. The Morgan fingerprint density at radius 2 is 1.59 bits per heavy atom. The number of rotatable bonds is 9. The maximum atomic E-state index is 12.7. The molecule has 0 saturated carbocycles. The zero-order valence-corrected chi connectivity index (χ0v) is 23.2. The van der Waals surface area contributed by atoms with E-state index in [4.69, 9.17) is 5.10 Å². The Morgan fingerprint density at radius 1 is 0.946 bits per heavy atom. The first-order valence-corrected chi connectivity index (χ1v) is 13.6. The van der Waals surface area contributed by atoms with Gasteiger partial charge in [0.25, 0.3) is 0 Å². The van der Waals surface area contributed by atoms with Crippen LogP contribution in [0.1, 0.15) is 57.1 Å². The molecule has 0 bridgehead atoms. The fourth-order valence-corrected chi connectivity index (χ4v) is 4.84. The Kier molecular flexibility index (Phi) is 8.83. The molecule has 6 heteroatoms. The topological polar surface area (TPSA) is 53.4 Å². The van der Waals surface area contributed by atoms with Gasteiger partial charge >= 0.3 is 0 Å². The van der Waals surface area contributed by atoms with Crippen LogP contribution in [0, 0.1) is 5.92 Å². The van der Waals surface area contributed by atoms with Gasteiger partial charge in [0.1, 0.15) is 0 Å². The van der Waals surface area contributed by atoms with Crippen LogP contribution < -0.4 is 5.32 Å². The van der Waals surface area contributed by atoms with Crippen LogP contribution in [0.3, 0.4) is 0 Å². The lowest BCUT2D eigenvalue weighted by Gasteiger charge is -2.34. The second-order valence-electron chi connectivity index (χ2n) is 11.7. The summed E-state index contributed by atoms with van der Waals surface area (Å²) in [6.07, 6.45) is 0.945.